The molecule has 2 N–H and O–H groups in total. The average molecular weight is 224 g/mol. The molecular weight excluding hydrogens is 208 g/mol. The number of phenols is 1. The number of aliphatic hydroxyl groups excluding tert-OH is 1. The third-order valence-corrected chi connectivity index (χ3v) is 2.30. The predicted octanol–water partition coefficient (Wildman–Crippen LogP) is 1.55. The van der Waals surface area contributed by atoms with Crippen LogP contribution in [-0.2, 0) is 16.0 Å². The fourth-order valence-electron chi connectivity index (χ4n) is 1.39. The maximum Gasteiger partial charge on any atom is 0.339 e. The van der Waals surface area contributed by atoms with Crippen molar-refractivity contribution in [3.05, 3.63) is 29.3 Å². The van der Waals surface area contributed by atoms with Gasteiger partial charge in [-0.15, -0.1) is 0 Å². The van der Waals surface area contributed by atoms with Gasteiger partial charge in [0.1, 0.15) is 5.75 Å². The van der Waals surface area contributed by atoms with Crippen LogP contribution in [0.15, 0.2) is 18.2 Å². The van der Waals surface area contributed by atoms with Gasteiger partial charge in [-0.25, -0.2) is 4.79 Å². The van der Waals surface area contributed by atoms with Gasteiger partial charge in [0.05, 0.1) is 6.61 Å². The number of phenolic OH excluding ortho intramolecular Hbond substituents is 1. The molecule has 0 spiro atoms. The van der Waals surface area contributed by atoms with Crippen molar-refractivity contribution in [3.8, 4) is 5.75 Å². The van der Waals surface area contributed by atoms with Gasteiger partial charge < -0.3 is 14.9 Å². The molecule has 1 unspecified atom stereocenters. The van der Waals surface area contributed by atoms with Crippen LogP contribution in [-0.4, -0.2) is 22.8 Å². The molecule has 0 heterocycles. The van der Waals surface area contributed by atoms with E-state index < -0.39 is 12.1 Å². The molecule has 1 aromatic carbocycles. The Kier molecular flexibility index (Phi) is 4.31. The highest BCUT2D eigenvalue weighted by molar-refractivity contribution is 5.77. The highest BCUT2D eigenvalue weighted by Gasteiger charge is 2.21. The first-order valence-corrected chi connectivity index (χ1v) is 5.26. The molecule has 0 amide bonds. The summed E-state index contributed by atoms with van der Waals surface area (Å²) < 4.78 is 4.69. The molecule has 0 saturated heterocycles. The highest BCUT2D eigenvalue weighted by atomic mass is 16.5. The van der Waals surface area contributed by atoms with Crippen LogP contribution in [0.5, 0.6) is 5.75 Å². The fraction of sp³-hybridized carbons (Fsp3) is 0.417. The van der Waals surface area contributed by atoms with Gasteiger partial charge in [-0.1, -0.05) is 13.0 Å². The van der Waals surface area contributed by atoms with Gasteiger partial charge in [0, 0.05) is 5.56 Å². The summed E-state index contributed by atoms with van der Waals surface area (Å²) in [6, 6.07) is 4.82. The SMILES string of the molecule is CCOC(=O)C(O)c1cc(CC)ccc1O. The third-order valence-electron chi connectivity index (χ3n) is 2.30. The van der Waals surface area contributed by atoms with E-state index >= 15 is 0 Å². The summed E-state index contributed by atoms with van der Waals surface area (Å²) in [6.07, 6.45) is -0.658. The molecular formula is C12H16O4. The van der Waals surface area contributed by atoms with Gasteiger partial charge in [0.25, 0.3) is 0 Å². The summed E-state index contributed by atoms with van der Waals surface area (Å²) in [5.74, 6) is -0.844. The minimum absolute atomic E-state index is 0.0993. The zero-order valence-electron chi connectivity index (χ0n) is 9.43. The Balaban J connectivity index is 2.97. The van der Waals surface area contributed by atoms with Gasteiger partial charge in [0.15, 0.2) is 6.10 Å². The molecule has 0 bridgehead atoms. The Bertz CT molecular complexity index is 373. The largest absolute Gasteiger partial charge is 0.508 e. The second kappa shape index (κ2) is 5.51. The molecule has 4 nitrogen and oxygen atoms in total. The predicted molar refractivity (Wildman–Crippen MR) is 59.1 cm³/mol. The quantitative estimate of drug-likeness (QED) is 0.761. The van der Waals surface area contributed by atoms with Gasteiger partial charge in [-0.05, 0) is 31.0 Å². The molecule has 0 radical (unpaired) electrons. The van der Waals surface area contributed by atoms with Crippen molar-refractivity contribution < 1.29 is 19.7 Å². The summed E-state index contributed by atoms with van der Waals surface area (Å²) in [7, 11) is 0. The maximum atomic E-state index is 11.3. The van der Waals surface area contributed by atoms with Crippen molar-refractivity contribution in [1.82, 2.24) is 0 Å². The number of aliphatic hydroxyl groups is 1. The van der Waals surface area contributed by atoms with E-state index in [0.29, 0.717) is 0 Å². The van der Waals surface area contributed by atoms with Crippen LogP contribution in [0.2, 0.25) is 0 Å². The number of aromatic hydroxyl groups is 1. The lowest BCUT2D eigenvalue weighted by atomic mass is 10.0. The second-order valence-corrected chi connectivity index (χ2v) is 3.40. The Hall–Kier alpha value is -1.55. The zero-order valence-corrected chi connectivity index (χ0v) is 9.43. The van der Waals surface area contributed by atoms with Crippen LogP contribution in [0.3, 0.4) is 0 Å². The summed E-state index contributed by atoms with van der Waals surface area (Å²) in [4.78, 5) is 11.3. The second-order valence-electron chi connectivity index (χ2n) is 3.40. The lowest BCUT2D eigenvalue weighted by Crippen LogP contribution is -2.15. The molecule has 0 aromatic heterocycles. The van der Waals surface area contributed by atoms with Crippen LogP contribution in [0.25, 0.3) is 0 Å². The third kappa shape index (κ3) is 2.73. The van der Waals surface area contributed by atoms with Crippen LogP contribution < -0.4 is 0 Å². The molecule has 1 aromatic rings. The van der Waals surface area contributed by atoms with E-state index in [1.807, 2.05) is 6.92 Å². The van der Waals surface area contributed by atoms with E-state index in [0.717, 1.165) is 12.0 Å². The first-order valence-electron chi connectivity index (χ1n) is 5.26. The maximum absolute atomic E-state index is 11.3. The van der Waals surface area contributed by atoms with E-state index in [4.69, 9.17) is 0 Å². The van der Waals surface area contributed by atoms with Crippen LogP contribution >= 0.6 is 0 Å². The highest BCUT2D eigenvalue weighted by Crippen LogP contribution is 2.26. The first-order chi connectivity index (χ1) is 7.60. The number of aryl methyl sites for hydroxylation is 1. The fourth-order valence-corrected chi connectivity index (χ4v) is 1.39. The van der Waals surface area contributed by atoms with Gasteiger partial charge in [0.2, 0.25) is 0 Å². The minimum Gasteiger partial charge on any atom is -0.508 e. The Morgan fingerprint density at radius 3 is 2.69 bits per heavy atom. The van der Waals surface area contributed by atoms with Crippen molar-refractivity contribution >= 4 is 5.97 Å². The standard InChI is InChI=1S/C12H16O4/c1-3-8-5-6-10(13)9(7-8)11(14)12(15)16-4-2/h5-7,11,13-14H,3-4H2,1-2H3. The monoisotopic (exact) mass is 224 g/mol. The summed E-state index contributed by atoms with van der Waals surface area (Å²) in [6.45, 7) is 3.81. The summed E-state index contributed by atoms with van der Waals surface area (Å²) in [5.41, 5.74) is 1.13. The molecule has 88 valence electrons. The molecule has 0 saturated carbocycles. The Labute approximate surface area is 94.5 Å². The smallest absolute Gasteiger partial charge is 0.339 e. The molecule has 0 fully saturated rings. The van der Waals surface area contributed by atoms with Crippen molar-refractivity contribution in [1.29, 1.82) is 0 Å². The number of rotatable bonds is 4. The molecule has 0 aliphatic heterocycles. The first kappa shape index (κ1) is 12.5. The van der Waals surface area contributed by atoms with Gasteiger partial charge in [-0.2, -0.15) is 0 Å². The van der Waals surface area contributed by atoms with Crippen molar-refractivity contribution in [2.24, 2.45) is 0 Å². The molecule has 0 aliphatic rings. The molecule has 1 atom stereocenters. The number of benzene rings is 1. The van der Waals surface area contributed by atoms with Crippen LogP contribution in [0.1, 0.15) is 31.1 Å². The van der Waals surface area contributed by atoms with E-state index in [9.17, 15) is 15.0 Å². The number of esters is 1. The van der Waals surface area contributed by atoms with Crippen molar-refractivity contribution in [2.45, 2.75) is 26.4 Å². The summed E-state index contributed by atoms with van der Waals surface area (Å²) >= 11 is 0. The Morgan fingerprint density at radius 1 is 1.44 bits per heavy atom. The lowest BCUT2D eigenvalue weighted by Gasteiger charge is -2.12. The average Bonchev–Trinajstić information content (AvgIpc) is 2.29. The molecule has 0 aliphatic carbocycles. The number of hydrogen-bond acceptors (Lipinski definition) is 4. The topological polar surface area (TPSA) is 66.8 Å². The number of carbonyl (C=O) groups excluding carboxylic acids is 1. The number of ether oxygens (including phenoxy) is 1. The van der Waals surface area contributed by atoms with Crippen molar-refractivity contribution in [3.63, 3.8) is 0 Å². The molecule has 16 heavy (non-hydrogen) atoms. The van der Waals surface area contributed by atoms with Gasteiger partial charge >= 0.3 is 5.97 Å². The van der Waals surface area contributed by atoms with Gasteiger partial charge in [-0.3, -0.25) is 0 Å². The van der Waals surface area contributed by atoms with E-state index in [-0.39, 0.29) is 17.9 Å². The van der Waals surface area contributed by atoms with E-state index in [1.54, 1.807) is 19.1 Å². The lowest BCUT2D eigenvalue weighted by molar-refractivity contribution is -0.153. The van der Waals surface area contributed by atoms with Crippen molar-refractivity contribution in [2.75, 3.05) is 6.61 Å². The van der Waals surface area contributed by atoms with Crippen LogP contribution in [0.4, 0.5) is 0 Å². The minimum atomic E-state index is -1.42. The van der Waals surface area contributed by atoms with E-state index in [1.165, 1.54) is 6.07 Å². The molecule has 4 heteroatoms. The van der Waals surface area contributed by atoms with E-state index in [2.05, 4.69) is 4.74 Å². The Morgan fingerprint density at radius 2 is 2.12 bits per heavy atom. The number of hydrogen-bond donors (Lipinski definition) is 2. The number of carbonyl (C=O) groups is 1. The zero-order chi connectivity index (χ0) is 12.1. The molecule has 1 rings (SSSR count). The normalized spacial score (nSPS) is 12.2. The summed E-state index contributed by atoms with van der Waals surface area (Å²) in [5, 5.41) is 19.2. The van der Waals surface area contributed by atoms with Crippen LogP contribution in [0, 0.1) is 0 Å².